The molecular formula is C20H23N5O. The Labute approximate surface area is 153 Å². The summed E-state index contributed by atoms with van der Waals surface area (Å²) in [6.45, 7) is 2.29. The molecule has 1 aliphatic heterocycles. The van der Waals surface area contributed by atoms with Gasteiger partial charge in [0.15, 0.2) is 0 Å². The number of likely N-dealkylation sites (tertiary alicyclic amines) is 1. The summed E-state index contributed by atoms with van der Waals surface area (Å²) in [6, 6.07) is 12.2. The van der Waals surface area contributed by atoms with Gasteiger partial charge in [0.05, 0.1) is 0 Å². The zero-order valence-corrected chi connectivity index (χ0v) is 15.0. The lowest BCUT2D eigenvalue weighted by atomic mass is 9.96. The highest BCUT2D eigenvalue weighted by Gasteiger charge is 2.28. The summed E-state index contributed by atoms with van der Waals surface area (Å²) in [4.78, 5) is 19.3. The zero-order chi connectivity index (χ0) is 17.9. The number of aryl methyl sites for hydroxylation is 1. The Kier molecular flexibility index (Phi) is 4.56. The molecule has 0 radical (unpaired) electrons. The van der Waals surface area contributed by atoms with Crippen LogP contribution in [0.2, 0.25) is 0 Å². The minimum Gasteiger partial charge on any atom is -0.337 e. The van der Waals surface area contributed by atoms with Gasteiger partial charge < -0.3 is 9.47 Å². The third kappa shape index (κ3) is 3.40. The first-order valence-electron chi connectivity index (χ1n) is 9.04. The van der Waals surface area contributed by atoms with Gasteiger partial charge in [-0.15, -0.1) is 0 Å². The minimum absolute atomic E-state index is 0.0106. The molecule has 4 rings (SSSR count). The molecule has 0 aliphatic carbocycles. The Morgan fingerprint density at radius 3 is 2.81 bits per heavy atom. The Morgan fingerprint density at radius 1 is 1.19 bits per heavy atom. The predicted octanol–water partition coefficient (Wildman–Crippen LogP) is 2.68. The summed E-state index contributed by atoms with van der Waals surface area (Å²) in [5.74, 6) is 1.33. The first kappa shape index (κ1) is 16.6. The van der Waals surface area contributed by atoms with E-state index in [1.165, 1.54) is 5.56 Å². The van der Waals surface area contributed by atoms with E-state index in [9.17, 15) is 4.79 Å². The van der Waals surface area contributed by atoms with Crippen molar-refractivity contribution in [3.63, 3.8) is 0 Å². The monoisotopic (exact) mass is 349 g/mol. The van der Waals surface area contributed by atoms with E-state index >= 15 is 0 Å². The lowest BCUT2D eigenvalue weighted by Crippen LogP contribution is -2.40. The summed E-state index contributed by atoms with van der Waals surface area (Å²) in [7, 11) is 1.83. The van der Waals surface area contributed by atoms with E-state index in [4.69, 9.17) is 0 Å². The normalized spacial score (nSPS) is 17.4. The third-order valence-corrected chi connectivity index (χ3v) is 4.95. The molecule has 0 N–H and O–H groups in total. The van der Waals surface area contributed by atoms with Crippen LogP contribution in [0.3, 0.4) is 0 Å². The van der Waals surface area contributed by atoms with Gasteiger partial charge >= 0.3 is 0 Å². The minimum atomic E-state index is 0.0106. The summed E-state index contributed by atoms with van der Waals surface area (Å²) in [5.41, 5.74) is 1.77. The van der Waals surface area contributed by atoms with Crippen LogP contribution < -0.4 is 0 Å². The molecule has 3 heterocycles. The first-order chi connectivity index (χ1) is 12.7. The van der Waals surface area contributed by atoms with Crippen LogP contribution in [-0.4, -0.2) is 43.2 Å². The standard InChI is InChI=1S/C20H23N5O/c1-23-12-9-18(22-23)20(26)25-11-5-8-17(15-25)19-21-10-13-24(19)14-16-6-3-2-4-7-16/h2-4,6-7,9-10,12-13,17H,5,8,11,14-15H2,1H3/t17-/m1/s1. The molecule has 1 saturated heterocycles. The topological polar surface area (TPSA) is 56.0 Å². The quantitative estimate of drug-likeness (QED) is 0.728. The van der Waals surface area contributed by atoms with Crippen molar-refractivity contribution in [3.05, 3.63) is 72.1 Å². The molecule has 134 valence electrons. The number of carbonyl (C=O) groups excluding carboxylic acids is 1. The van der Waals surface area contributed by atoms with Crippen molar-refractivity contribution in [1.29, 1.82) is 0 Å². The molecule has 1 aromatic carbocycles. The van der Waals surface area contributed by atoms with Crippen LogP contribution in [0.25, 0.3) is 0 Å². The van der Waals surface area contributed by atoms with Crippen molar-refractivity contribution in [2.24, 2.45) is 7.05 Å². The summed E-state index contributed by atoms with van der Waals surface area (Å²) >= 11 is 0. The maximum absolute atomic E-state index is 12.7. The van der Waals surface area contributed by atoms with Crippen LogP contribution in [0.15, 0.2) is 55.0 Å². The Bertz CT molecular complexity index is 883. The van der Waals surface area contributed by atoms with Crippen LogP contribution in [-0.2, 0) is 13.6 Å². The second-order valence-electron chi connectivity index (χ2n) is 6.86. The van der Waals surface area contributed by atoms with Crippen molar-refractivity contribution in [3.8, 4) is 0 Å². The molecule has 1 atom stereocenters. The van der Waals surface area contributed by atoms with Crippen molar-refractivity contribution < 1.29 is 4.79 Å². The molecule has 0 bridgehead atoms. The van der Waals surface area contributed by atoms with Gasteiger partial charge in [-0.25, -0.2) is 4.98 Å². The summed E-state index contributed by atoms with van der Waals surface area (Å²) in [6.07, 6.45) is 7.74. The lowest BCUT2D eigenvalue weighted by Gasteiger charge is -2.32. The SMILES string of the molecule is Cn1ccc(C(=O)N2CCC[C@@H](c3nccn3Cc3ccccc3)C2)n1. The Morgan fingerprint density at radius 2 is 2.04 bits per heavy atom. The van der Waals surface area contributed by atoms with Gasteiger partial charge in [-0.05, 0) is 24.5 Å². The molecule has 6 heteroatoms. The second kappa shape index (κ2) is 7.15. The smallest absolute Gasteiger partial charge is 0.274 e. The number of nitrogens with zero attached hydrogens (tertiary/aromatic N) is 5. The second-order valence-corrected chi connectivity index (χ2v) is 6.86. The average Bonchev–Trinajstić information content (AvgIpc) is 3.31. The fourth-order valence-electron chi connectivity index (χ4n) is 3.66. The molecule has 6 nitrogen and oxygen atoms in total. The van der Waals surface area contributed by atoms with Gasteiger partial charge in [0, 0.05) is 51.2 Å². The fourth-order valence-corrected chi connectivity index (χ4v) is 3.66. The van der Waals surface area contributed by atoms with Gasteiger partial charge in [0.2, 0.25) is 0 Å². The van der Waals surface area contributed by atoms with Gasteiger partial charge in [0.25, 0.3) is 5.91 Å². The van der Waals surface area contributed by atoms with E-state index in [0.29, 0.717) is 12.2 Å². The highest BCUT2D eigenvalue weighted by atomic mass is 16.2. The van der Waals surface area contributed by atoms with Crippen molar-refractivity contribution >= 4 is 5.91 Å². The Hall–Kier alpha value is -2.89. The van der Waals surface area contributed by atoms with E-state index in [2.05, 4.69) is 38.9 Å². The lowest BCUT2D eigenvalue weighted by molar-refractivity contribution is 0.0696. The average molecular weight is 349 g/mol. The molecule has 0 spiro atoms. The fraction of sp³-hybridized carbons (Fsp3) is 0.350. The highest BCUT2D eigenvalue weighted by Crippen LogP contribution is 2.27. The van der Waals surface area contributed by atoms with E-state index in [1.54, 1.807) is 16.9 Å². The van der Waals surface area contributed by atoms with E-state index in [1.807, 2.05) is 30.4 Å². The highest BCUT2D eigenvalue weighted by molar-refractivity contribution is 5.92. The molecular weight excluding hydrogens is 326 g/mol. The first-order valence-corrected chi connectivity index (χ1v) is 9.04. The van der Waals surface area contributed by atoms with E-state index in [-0.39, 0.29) is 11.8 Å². The van der Waals surface area contributed by atoms with Crippen LogP contribution in [0, 0.1) is 0 Å². The molecule has 3 aromatic rings. The molecule has 2 aromatic heterocycles. The molecule has 1 amide bonds. The predicted molar refractivity (Wildman–Crippen MR) is 98.9 cm³/mol. The molecule has 26 heavy (non-hydrogen) atoms. The number of rotatable bonds is 4. The number of hydrogen-bond donors (Lipinski definition) is 0. The van der Waals surface area contributed by atoms with E-state index in [0.717, 1.165) is 31.8 Å². The van der Waals surface area contributed by atoms with Crippen LogP contribution in [0.1, 0.15) is 40.6 Å². The van der Waals surface area contributed by atoms with Crippen molar-refractivity contribution in [2.45, 2.75) is 25.3 Å². The molecule has 1 aliphatic rings. The van der Waals surface area contributed by atoms with Gasteiger partial charge in [-0.3, -0.25) is 9.48 Å². The van der Waals surface area contributed by atoms with Crippen molar-refractivity contribution in [1.82, 2.24) is 24.2 Å². The largest absolute Gasteiger partial charge is 0.337 e. The maximum atomic E-state index is 12.7. The number of benzene rings is 1. The van der Waals surface area contributed by atoms with Crippen LogP contribution >= 0.6 is 0 Å². The van der Waals surface area contributed by atoms with Crippen LogP contribution in [0.5, 0.6) is 0 Å². The number of aromatic nitrogens is 4. The van der Waals surface area contributed by atoms with Gasteiger partial charge in [0.1, 0.15) is 11.5 Å². The number of carbonyl (C=O) groups is 1. The summed E-state index contributed by atoms with van der Waals surface area (Å²) in [5, 5.41) is 4.25. The van der Waals surface area contributed by atoms with Gasteiger partial charge in [-0.2, -0.15) is 5.10 Å². The van der Waals surface area contributed by atoms with Crippen molar-refractivity contribution in [2.75, 3.05) is 13.1 Å². The maximum Gasteiger partial charge on any atom is 0.274 e. The van der Waals surface area contributed by atoms with E-state index < -0.39 is 0 Å². The van der Waals surface area contributed by atoms with Gasteiger partial charge in [-0.1, -0.05) is 30.3 Å². The summed E-state index contributed by atoms with van der Waals surface area (Å²) < 4.78 is 3.87. The number of piperidine rings is 1. The molecule has 0 unspecified atom stereocenters. The number of hydrogen-bond acceptors (Lipinski definition) is 3. The zero-order valence-electron chi connectivity index (χ0n) is 15.0. The van der Waals surface area contributed by atoms with Crippen LogP contribution in [0.4, 0.5) is 0 Å². The number of amides is 1. The third-order valence-electron chi connectivity index (χ3n) is 4.95. The molecule has 1 fully saturated rings. The number of imidazole rings is 1. The molecule has 0 saturated carbocycles. The Balaban J connectivity index is 1.50.